The van der Waals surface area contributed by atoms with Crippen molar-refractivity contribution in [2.75, 3.05) is 34.4 Å². The summed E-state index contributed by atoms with van der Waals surface area (Å²) in [6.07, 6.45) is 1.74. The highest BCUT2D eigenvalue weighted by molar-refractivity contribution is 5.79. The maximum absolute atomic E-state index is 10.7. The Kier molecular flexibility index (Phi) is 5.49. The first-order valence-electron chi connectivity index (χ1n) is 5.58. The minimum Gasteiger partial charge on any atom is -0.496 e. The van der Waals surface area contributed by atoms with Crippen molar-refractivity contribution in [1.82, 2.24) is 4.90 Å². The number of carbonyl (C=O) groups is 1. The summed E-state index contributed by atoms with van der Waals surface area (Å²) < 4.78 is 10.7. The van der Waals surface area contributed by atoms with Crippen LogP contribution in [0.3, 0.4) is 0 Å². The monoisotopic (exact) mass is 237 g/mol. The predicted molar refractivity (Wildman–Crippen MR) is 67.0 cm³/mol. The van der Waals surface area contributed by atoms with Gasteiger partial charge in [0.05, 0.1) is 19.3 Å². The number of aldehydes is 1. The minimum atomic E-state index is 0.535. The van der Waals surface area contributed by atoms with E-state index in [0.717, 1.165) is 25.0 Å². The van der Waals surface area contributed by atoms with Crippen molar-refractivity contribution in [3.63, 3.8) is 0 Å². The van der Waals surface area contributed by atoms with Crippen molar-refractivity contribution < 1.29 is 14.3 Å². The lowest BCUT2D eigenvalue weighted by molar-refractivity contribution is 0.112. The highest BCUT2D eigenvalue weighted by atomic mass is 16.5. The van der Waals surface area contributed by atoms with Gasteiger partial charge in [0.25, 0.3) is 0 Å². The molecule has 4 heteroatoms. The second kappa shape index (κ2) is 6.91. The summed E-state index contributed by atoms with van der Waals surface area (Å²) in [4.78, 5) is 12.8. The summed E-state index contributed by atoms with van der Waals surface area (Å²) in [6.45, 7) is 1.64. The van der Waals surface area contributed by atoms with E-state index in [2.05, 4.69) is 4.90 Å². The molecule has 0 aromatic heterocycles. The zero-order valence-electron chi connectivity index (χ0n) is 10.6. The Morgan fingerprint density at radius 2 is 2.12 bits per heavy atom. The van der Waals surface area contributed by atoms with Crippen LogP contribution in [0.2, 0.25) is 0 Å². The molecule has 0 atom stereocenters. The van der Waals surface area contributed by atoms with Gasteiger partial charge in [-0.25, -0.2) is 0 Å². The van der Waals surface area contributed by atoms with Gasteiger partial charge in [-0.05, 0) is 32.6 Å². The van der Waals surface area contributed by atoms with Gasteiger partial charge in [0.15, 0.2) is 6.29 Å². The number of methoxy groups -OCH3 is 1. The summed E-state index contributed by atoms with van der Waals surface area (Å²) in [7, 11) is 5.60. The Hall–Kier alpha value is -1.55. The Balaban J connectivity index is 2.51. The van der Waals surface area contributed by atoms with Crippen molar-refractivity contribution in [2.24, 2.45) is 0 Å². The van der Waals surface area contributed by atoms with Crippen molar-refractivity contribution in [3.8, 4) is 11.5 Å². The van der Waals surface area contributed by atoms with E-state index in [9.17, 15) is 4.79 Å². The van der Waals surface area contributed by atoms with Crippen LogP contribution in [0.5, 0.6) is 11.5 Å². The molecule has 17 heavy (non-hydrogen) atoms. The van der Waals surface area contributed by atoms with E-state index in [1.807, 2.05) is 14.1 Å². The van der Waals surface area contributed by atoms with Crippen LogP contribution in [0.1, 0.15) is 16.8 Å². The Labute approximate surface area is 102 Å². The van der Waals surface area contributed by atoms with Gasteiger partial charge < -0.3 is 14.4 Å². The zero-order valence-corrected chi connectivity index (χ0v) is 10.6. The van der Waals surface area contributed by atoms with Gasteiger partial charge in [-0.2, -0.15) is 0 Å². The zero-order chi connectivity index (χ0) is 12.7. The standard InChI is InChI=1S/C13H19NO3/c1-14(2)7-4-8-17-12-6-5-11(10-15)13(9-12)16-3/h5-6,9-10H,4,7-8H2,1-3H3. The third-order valence-corrected chi connectivity index (χ3v) is 2.35. The van der Waals surface area contributed by atoms with Crippen molar-refractivity contribution in [1.29, 1.82) is 0 Å². The van der Waals surface area contributed by atoms with Crippen LogP contribution in [0.15, 0.2) is 18.2 Å². The Morgan fingerprint density at radius 3 is 2.71 bits per heavy atom. The molecule has 1 rings (SSSR count). The summed E-state index contributed by atoms with van der Waals surface area (Å²) in [5.74, 6) is 1.27. The number of nitrogens with zero attached hydrogens (tertiary/aromatic N) is 1. The van der Waals surface area contributed by atoms with Crippen LogP contribution >= 0.6 is 0 Å². The lowest BCUT2D eigenvalue weighted by Gasteiger charge is -2.11. The van der Waals surface area contributed by atoms with Gasteiger partial charge in [0.2, 0.25) is 0 Å². The molecule has 0 heterocycles. The molecule has 0 bridgehead atoms. The van der Waals surface area contributed by atoms with E-state index < -0.39 is 0 Å². The Bertz CT molecular complexity index is 364. The van der Waals surface area contributed by atoms with Crippen LogP contribution < -0.4 is 9.47 Å². The molecule has 0 aliphatic heterocycles. The average Bonchev–Trinajstić information content (AvgIpc) is 2.34. The molecule has 4 nitrogen and oxygen atoms in total. The maximum atomic E-state index is 10.7. The second-order valence-corrected chi connectivity index (χ2v) is 4.03. The van der Waals surface area contributed by atoms with Gasteiger partial charge >= 0.3 is 0 Å². The van der Waals surface area contributed by atoms with Crippen LogP contribution in [-0.2, 0) is 0 Å². The molecule has 0 saturated carbocycles. The molecule has 1 aromatic rings. The number of hydrogen-bond acceptors (Lipinski definition) is 4. The molecule has 0 aliphatic carbocycles. The fraction of sp³-hybridized carbons (Fsp3) is 0.462. The van der Waals surface area contributed by atoms with Gasteiger partial charge in [0, 0.05) is 12.6 Å². The van der Waals surface area contributed by atoms with Gasteiger partial charge in [-0.1, -0.05) is 0 Å². The van der Waals surface area contributed by atoms with E-state index in [-0.39, 0.29) is 0 Å². The van der Waals surface area contributed by atoms with E-state index in [0.29, 0.717) is 17.9 Å². The normalized spacial score (nSPS) is 10.4. The first-order valence-corrected chi connectivity index (χ1v) is 5.58. The van der Waals surface area contributed by atoms with Crippen LogP contribution in [0.4, 0.5) is 0 Å². The molecule has 0 radical (unpaired) electrons. The molecule has 0 N–H and O–H groups in total. The fourth-order valence-electron chi connectivity index (χ4n) is 1.45. The molecule has 0 amide bonds. The van der Waals surface area contributed by atoms with Crippen LogP contribution in [0.25, 0.3) is 0 Å². The highest BCUT2D eigenvalue weighted by Gasteiger charge is 2.04. The molecular weight excluding hydrogens is 218 g/mol. The predicted octanol–water partition coefficient (Wildman–Crippen LogP) is 1.84. The van der Waals surface area contributed by atoms with Gasteiger partial charge in [0.1, 0.15) is 11.5 Å². The van der Waals surface area contributed by atoms with E-state index in [1.165, 1.54) is 7.11 Å². The molecule has 0 unspecified atom stereocenters. The first-order chi connectivity index (χ1) is 8.17. The SMILES string of the molecule is COc1cc(OCCCN(C)C)ccc1C=O. The first kappa shape index (κ1) is 13.5. The highest BCUT2D eigenvalue weighted by Crippen LogP contribution is 2.23. The molecular formula is C13H19NO3. The van der Waals surface area contributed by atoms with E-state index >= 15 is 0 Å². The van der Waals surface area contributed by atoms with Crippen molar-refractivity contribution in [2.45, 2.75) is 6.42 Å². The smallest absolute Gasteiger partial charge is 0.153 e. The lowest BCUT2D eigenvalue weighted by Crippen LogP contribution is -2.15. The second-order valence-electron chi connectivity index (χ2n) is 4.03. The minimum absolute atomic E-state index is 0.535. The van der Waals surface area contributed by atoms with E-state index in [4.69, 9.17) is 9.47 Å². The van der Waals surface area contributed by atoms with Crippen molar-refractivity contribution in [3.05, 3.63) is 23.8 Å². The molecule has 1 aromatic carbocycles. The third-order valence-electron chi connectivity index (χ3n) is 2.35. The lowest BCUT2D eigenvalue weighted by atomic mass is 10.2. The number of carbonyl (C=O) groups excluding carboxylic acids is 1. The number of ether oxygens (including phenoxy) is 2. The summed E-state index contributed by atoms with van der Waals surface area (Å²) in [5, 5.41) is 0. The van der Waals surface area contributed by atoms with E-state index in [1.54, 1.807) is 18.2 Å². The summed E-state index contributed by atoms with van der Waals surface area (Å²) in [6, 6.07) is 5.22. The third kappa shape index (κ3) is 4.44. The Morgan fingerprint density at radius 1 is 1.35 bits per heavy atom. The maximum Gasteiger partial charge on any atom is 0.153 e. The number of rotatable bonds is 7. The van der Waals surface area contributed by atoms with Crippen LogP contribution in [0, 0.1) is 0 Å². The quantitative estimate of drug-likeness (QED) is 0.536. The average molecular weight is 237 g/mol. The molecule has 0 aliphatic rings. The fourth-order valence-corrected chi connectivity index (χ4v) is 1.45. The molecule has 0 saturated heterocycles. The topological polar surface area (TPSA) is 38.8 Å². The van der Waals surface area contributed by atoms with Gasteiger partial charge in [-0.3, -0.25) is 4.79 Å². The van der Waals surface area contributed by atoms with Crippen LogP contribution in [-0.4, -0.2) is 45.5 Å². The number of hydrogen-bond donors (Lipinski definition) is 0. The number of benzene rings is 1. The summed E-state index contributed by atoms with van der Waals surface area (Å²) >= 11 is 0. The molecule has 94 valence electrons. The molecule has 0 fully saturated rings. The largest absolute Gasteiger partial charge is 0.496 e. The molecule has 0 spiro atoms. The van der Waals surface area contributed by atoms with Crippen molar-refractivity contribution >= 4 is 6.29 Å². The van der Waals surface area contributed by atoms with Gasteiger partial charge in [-0.15, -0.1) is 0 Å². The summed E-state index contributed by atoms with van der Waals surface area (Å²) in [5.41, 5.74) is 0.535.